The van der Waals surface area contributed by atoms with E-state index < -0.39 is 29.3 Å². The average Bonchev–Trinajstić information content (AvgIpc) is 3.16. The molecule has 1 aliphatic rings. The Balaban J connectivity index is 1.49. The lowest BCUT2D eigenvalue weighted by atomic mass is 10.2. The Morgan fingerprint density at radius 2 is 1.71 bits per heavy atom. The Kier molecular flexibility index (Phi) is 6.18. The Hall–Kier alpha value is -3.03. The van der Waals surface area contributed by atoms with E-state index in [2.05, 4.69) is 10.6 Å². The van der Waals surface area contributed by atoms with Crippen LogP contribution in [0.1, 0.15) is 29.6 Å². The zero-order valence-corrected chi connectivity index (χ0v) is 15.1. The number of anilines is 2. The van der Waals surface area contributed by atoms with Crippen molar-refractivity contribution in [2.75, 3.05) is 29.9 Å². The SMILES string of the molecule is O=C(CCNC(=O)c1ccc(F)cc1F)Nc1ccc(N2CCCC2)c(F)c1. The van der Waals surface area contributed by atoms with Crippen LogP contribution >= 0.6 is 0 Å². The lowest BCUT2D eigenvalue weighted by molar-refractivity contribution is -0.116. The van der Waals surface area contributed by atoms with Gasteiger partial charge in [-0.25, -0.2) is 13.2 Å². The van der Waals surface area contributed by atoms with Gasteiger partial charge in [0.2, 0.25) is 5.91 Å². The van der Waals surface area contributed by atoms with Gasteiger partial charge in [-0.2, -0.15) is 0 Å². The Morgan fingerprint density at radius 1 is 0.964 bits per heavy atom. The summed E-state index contributed by atoms with van der Waals surface area (Å²) in [5.41, 5.74) is 0.534. The molecule has 2 aromatic carbocycles. The molecule has 28 heavy (non-hydrogen) atoms. The van der Waals surface area contributed by atoms with E-state index in [1.165, 1.54) is 6.07 Å². The molecule has 0 radical (unpaired) electrons. The van der Waals surface area contributed by atoms with E-state index in [1.807, 2.05) is 4.90 Å². The molecule has 0 spiro atoms. The monoisotopic (exact) mass is 391 g/mol. The second kappa shape index (κ2) is 8.77. The van der Waals surface area contributed by atoms with Gasteiger partial charge in [0.1, 0.15) is 17.5 Å². The first-order valence-corrected chi connectivity index (χ1v) is 9.01. The Morgan fingerprint density at radius 3 is 2.39 bits per heavy atom. The molecular formula is C20H20F3N3O2. The summed E-state index contributed by atoms with van der Waals surface area (Å²) >= 11 is 0. The Labute approximate surface area is 160 Å². The zero-order valence-electron chi connectivity index (χ0n) is 15.1. The third-order valence-electron chi connectivity index (χ3n) is 4.49. The molecule has 0 aromatic heterocycles. The van der Waals surface area contributed by atoms with Crippen molar-refractivity contribution in [2.45, 2.75) is 19.3 Å². The van der Waals surface area contributed by atoms with Gasteiger partial charge in [-0.15, -0.1) is 0 Å². The lowest BCUT2D eigenvalue weighted by Crippen LogP contribution is -2.28. The van der Waals surface area contributed by atoms with E-state index >= 15 is 0 Å². The minimum Gasteiger partial charge on any atom is -0.369 e. The standard InChI is InChI=1S/C20H20F3N3O2/c21-13-3-5-15(16(22)11-13)20(28)24-8-7-19(27)25-14-4-6-18(17(23)12-14)26-9-1-2-10-26/h3-6,11-12H,1-2,7-10H2,(H,24,28)(H,25,27). The molecule has 0 saturated carbocycles. The van der Waals surface area contributed by atoms with Crippen molar-refractivity contribution in [2.24, 2.45) is 0 Å². The molecule has 1 fully saturated rings. The number of hydrogen-bond acceptors (Lipinski definition) is 3. The number of amides is 2. The summed E-state index contributed by atoms with van der Waals surface area (Å²) in [6.45, 7) is 1.59. The number of nitrogens with zero attached hydrogens (tertiary/aromatic N) is 1. The van der Waals surface area contributed by atoms with Crippen LogP contribution in [0, 0.1) is 17.5 Å². The largest absolute Gasteiger partial charge is 0.369 e. The highest BCUT2D eigenvalue weighted by Crippen LogP contribution is 2.26. The predicted molar refractivity (Wildman–Crippen MR) is 99.8 cm³/mol. The maximum Gasteiger partial charge on any atom is 0.254 e. The molecule has 1 aliphatic heterocycles. The average molecular weight is 391 g/mol. The molecule has 1 saturated heterocycles. The number of carbonyl (C=O) groups is 2. The van der Waals surface area contributed by atoms with Gasteiger partial charge < -0.3 is 15.5 Å². The summed E-state index contributed by atoms with van der Waals surface area (Å²) in [7, 11) is 0. The van der Waals surface area contributed by atoms with Gasteiger partial charge in [0, 0.05) is 37.8 Å². The first-order valence-electron chi connectivity index (χ1n) is 9.01. The van der Waals surface area contributed by atoms with Crippen molar-refractivity contribution in [3.05, 3.63) is 59.4 Å². The van der Waals surface area contributed by atoms with Crippen LogP contribution in [0.25, 0.3) is 0 Å². The summed E-state index contributed by atoms with van der Waals surface area (Å²) in [5.74, 6) is -3.33. The molecule has 5 nitrogen and oxygen atoms in total. The number of halogens is 3. The summed E-state index contributed by atoms with van der Waals surface area (Å²) < 4.78 is 40.7. The van der Waals surface area contributed by atoms with Crippen molar-refractivity contribution < 1.29 is 22.8 Å². The maximum atomic E-state index is 14.3. The zero-order chi connectivity index (χ0) is 20.1. The van der Waals surface area contributed by atoms with Gasteiger partial charge in [-0.05, 0) is 43.2 Å². The molecule has 1 heterocycles. The number of benzene rings is 2. The quantitative estimate of drug-likeness (QED) is 0.793. The highest BCUT2D eigenvalue weighted by atomic mass is 19.1. The van der Waals surface area contributed by atoms with E-state index in [0.717, 1.165) is 38.1 Å². The number of rotatable bonds is 6. The summed E-state index contributed by atoms with van der Waals surface area (Å²) in [4.78, 5) is 25.8. The first-order chi connectivity index (χ1) is 13.4. The third-order valence-corrected chi connectivity index (χ3v) is 4.49. The van der Waals surface area contributed by atoms with Crippen molar-refractivity contribution in [1.29, 1.82) is 0 Å². The molecule has 0 aliphatic carbocycles. The molecule has 0 unspecified atom stereocenters. The van der Waals surface area contributed by atoms with Crippen LogP contribution < -0.4 is 15.5 Å². The molecule has 2 N–H and O–H groups in total. The van der Waals surface area contributed by atoms with Crippen LogP contribution in [0.5, 0.6) is 0 Å². The number of carbonyl (C=O) groups excluding carboxylic acids is 2. The molecule has 8 heteroatoms. The van der Waals surface area contributed by atoms with Crippen LogP contribution in [0.15, 0.2) is 36.4 Å². The van der Waals surface area contributed by atoms with Crippen molar-refractivity contribution >= 4 is 23.2 Å². The van der Waals surface area contributed by atoms with E-state index in [-0.39, 0.29) is 18.5 Å². The molecule has 2 aromatic rings. The highest BCUT2D eigenvalue weighted by molar-refractivity contribution is 5.95. The second-order valence-corrected chi connectivity index (χ2v) is 6.54. The summed E-state index contributed by atoms with van der Waals surface area (Å²) in [6.07, 6.45) is 1.99. The number of nitrogens with one attached hydrogen (secondary N) is 2. The molecule has 3 rings (SSSR count). The fourth-order valence-electron chi connectivity index (χ4n) is 3.08. The summed E-state index contributed by atoms with van der Waals surface area (Å²) in [5, 5.41) is 4.95. The van der Waals surface area contributed by atoms with E-state index in [9.17, 15) is 22.8 Å². The molecule has 0 bridgehead atoms. The van der Waals surface area contributed by atoms with E-state index in [1.54, 1.807) is 12.1 Å². The van der Waals surface area contributed by atoms with E-state index in [4.69, 9.17) is 0 Å². The molecule has 2 amide bonds. The summed E-state index contributed by atoms with van der Waals surface area (Å²) in [6, 6.07) is 7.15. The molecule has 0 atom stereocenters. The smallest absolute Gasteiger partial charge is 0.254 e. The van der Waals surface area contributed by atoms with Crippen LogP contribution in [-0.4, -0.2) is 31.4 Å². The maximum absolute atomic E-state index is 14.3. The van der Waals surface area contributed by atoms with Gasteiger partial charge in [-0.1, -0.05) is 0 Å². The van der Waals surface area contributed by atoms with Gasteiger partial charge in [-0.3, -0.25) is 9.59 Å². The van der Waals surface area contributed by atoms with Gasteiger partial charge in [0.15, 0.2) is 0 Å². The third kappa shape index (κ3) is 4.82. The molecule has 148 valence electrons. The lowest BCUT2D eigenvalue weighted by Gasteiger charge is -2.18. The second-order valence-electron chi connectivity index (χ2n) is 6.54. The van der Waals surface area contributed by atoms with Crippen LogP contribution in [0.2, 0.25) is 0 Å². The van der Waals surface area contributed by atoms with Crippen molar-refractivity contribution in [3.8, 4) is 0 Å². The minimum atomic E-state index is -0.976. The molecular weight excluding hydrogens is 371 g/mol. The van der Waals surface area contributed by atoms with Gasteiger partial charge in [0.25, 0.3) is 5.91 Å². The van der Waals surface area contributed by atoms with E-state index in [0.29, 0.717) is 17.4 Å². The normalized spacial score (nSPS) is 13.5. The number of hydrogen-bond donors (Lipinski definition) is 2. The highest BCUT2D eigenvalue weighted by Gasteiger charge is 2.17. The van der Waals surface area contributed by atoms with Crippen molar-refractivity contribution in [1.82, 2.24) is 5.32 Å². The first kappa shape index (κ1) is 19.7. The minimum absolute atomic E-state index is 0.0458. The fourth-order valence-corrected chi connectivity index (χ4v) is 3.08. The van der Waals surface area contributed by atoms with Crippen molar-refractivity contribution in [3.63, 3.8) is 0 Å². The van der Waals surface area contributed by atoms with Crippen LogP contribution in [-0.2, 0) is 4.79 Å². The predicted octanol–water partition coefficient (Wildman–Crippen LogP) is 3.46. The Bertz CT molecular complexity index is 883. The van der Waals surface area contributed by atoms with Gasteiger partial charge >= 0.3 is 0 Å². The van der Waals surface area contributed by atoms with Gasteiger partial charge in [0.05, 0.1) is 11.3 Å². The van der Waals surface area contributed by atoms with Crippen LogP contribution in [0.4, 0.5) is 24.5 Å². The van der Waals surface area contributed by atoms with Crippen LogP contribution in [0.3, 0.4) is 0 Å². The topological polar surface area (TPSA) is 61.4 Å². The fraction of sp³-hybridized carbons (Fsp3) is 0.300.